The molecule has 1 aromatic carbocycles. The summed E-state index contributed by atoms with van der Waals surface area (Å²) in [7, 11) is 0. The van der Waals surface area contributed by atoms with Gasteiger partial charge < -0.3 is 10.3 Å². The van der Waals surface area contributed by atoms with E-state index in [1.807, 2.05) is 0 Å². The average molecular weight is 271 g/mol. The number of benzene rings is 1. The molecule has 2 rings (SSSR count). The van der Waals surface area contributed by atoms with Crippen molar-refractivity contribution in [3.63, 3.8) is 0 Å². The van der Waals surface area contributed by atoms with Gasteiger partial charge in [0.25, 0.3) is 0 Å². The van der Waals surface area contributed by atoms with E-state index in [1.54, 1.807) is 12.3 Å². The van der Waals surface area contributed by atoms with Crippen molar-refractivity contribution in [2.45, 2.75) is 6.54 Å². The summed E-state index contributed by atoms with van der Waals surface area (Å²) in [5, 5.41) is 3.66. The summed E-state index contributed by atoms with van der Waals surface area (Å²) in [5.41, 5.74) is 7.06. The Labute approximate surface area is 94.2 Å². The summed E-state index contributed by atoms with van der Waals surface area (Å²) in [5.74, 6) is 0.267. The van der Waals surface area contributed by atoms with E-state index in [1.165, 1.54) is 12.1 Å². The predicted octanol–water partition coefficient (Wildman–Crippen LogP) is 2.70. The van der Waals surface area contributed by atoms with E-state index in [0.29, 0.717) is 16.8 Å². The number of aromatic nitrogens is 1. The molecule has 1 heterocycles. The highest BCUT2D eigenvalue weighted by Gasteiger charge is 2.12. The summed E-state index contributed by atoms with van der Waals surface area (Å²) >= 11 is 3.26. The van der Waals surface area contributed by atoms with Crippen molar-refractivity contribution in [2.75, 3.05) is 0 Å². The van der Waals surface area contributed by atoms with Gasteiger partial charge in [0.05, 0.1) is 6.20 Å². The molecule has 0 spiro atoms. The summed E-state index contributed by atoms with van der Waals surface area (Å²) in [6, 6.07) is 4.36. The molecule has 0 aliphatic carbocycles. The fourth-order valence-electron chi connectivity index (χ4n) is 1.30. The standard InChI is InChI=1S/C10H8BrFN2O/c11-9-3-7(12)1-2-8(9)10-6(4-13)5-14-15-10/h1-3,5H,4,13H2. The summed E-state index contributed by atoms with van der Waals surface area (Å²) in [6.07, 6.45) is 1.56. The molecule has 2 N–H and O–H groups in total. The van der Waals surface area contributed by atoms with Crippen LogP contribution in [0.25, 0.3) is 11.3 Å². The van der Waals surface area contributed by atoms with Gasteiger partial charge in [0.1, 0.15) is 5.82 Å². The third kappa shape index (κ3) is 1.93. The SMILES string of the molecule is NCc1cnoc1-c1ccc(F)cc1Br. The number of hydrogen-bond acceptors (Lipinski definition) is 3. The molecule has 0 amide bonds. The van der Waals surface area contributed by atoms with Gasteiger partial charge in [0.2, 0.25) is 0 Å². The van der Waals surface area contributed by atoms with Crippen LogP contribution < -0.4 is 5.73 Å². The zero-order valence-corrected chi connectivity index (χ0v) is 9.29. The van der Waals surface area contributed by atoms with Crippen molar-refractivity contribution >= 4 is 15.9 Å². The quantitative estimate of drug-likeness (QED) is 0.913. The Hall–Kier alpha value is -1.20. The molecule has 0 atom stereocenters. The maximum Gasteiger partial charge on any atom is 0.172 e. The van der Waals surface area contributed by atoms with E-state index < -0.39 is 0 Å². The maximum atomic E-state index is 12.9. The lowest BCUT2D eigenvalue weighted by molar-refractivity contribution is 0.431. The lowest BCUT2D eigenvalue weighted by atomic mass is 10.1. The molecular formula is C10H8BrFN2O. The second-order valence-corrected chi connectivity index (χ2v) is 3.86. The van der Waals surface area contributed by atoms with Gasteiger partial charge in [-0.1, -0.05) is 5.16 Å². The Morgan fingerprint density at radius 3 is 2.93 bits per heavy atom. The molecule has 0 fully saturated rings. The van der Waals surface area contributed by atoms with Crippen LogP contribution in [0.3, 0.4) is 0 Å². The third-order valence-corrected chi connectivity index (χ3v) is 2.70. The number of nitrogens with two attached hydrogens (primary N) is 1. The van der Waals surface area contributed by atoms with E-state index in [9.17, 15) is 4.39 Å². The monoisotopic (exact) mass is 270 g/mol. The van der Waals surface area contributed by atoms with E-state index in [-0.39, 0.29) is 5.82 Å². The van der Waals surface area contributed by atoms with E-state index in [0.717, 1.165) is 11.1 Å². The van der Waals surface area contributed by atoms with Crippen molar-refractivity contribution in [3.8, 4) is 11.3 Å². The van der Waals surface area contributed by atoms with Crippen molar-refractivity contribution in [1.82, 2.24) is 5.16 Å². The molecule has 0 aliphatic heterocycles. The molecule has 0 radical (unpaired) electrons. The predicted molar refractivity (Wildman–Crippen MR) is 57.5 cm³/mol. The Morgan fingerprint density at radius 2 is 2.27 bits per heavy atom. The molecule has 1 aromatic heterocycles. The van der Waals surface area contributed by atoms with Crippen LogP contribution in [0.5, 0.6) is 0 Å². The molecule has 0 unspecified atom stereocenters. The number of hydrogen-bond donors (Lipinski definition) is 1. The van der Waals surface area contributed by atoms with Gasteiger partial charge in [-0.2, -0.15) is 0 Å². The van der Waals surface area contributed by atoms with Gasteiger partial charge in [0, 0.05) is 22.1 Å². The number of rotatable bonds is 2. The normalized spacial score (nSPS) is 10.6. The lowest BCUT2D eigenvalue weighted by Crippen LogP contribution is -1.96. The average Bonchev–Trinajstić information content (AvgIpc) is 2.65. The second-order valence-electron chi connectivity index (χ2n) is 3.01. The first kappa shape index (κ1) is 10.3. The molecule has 2 aromatic rings. The van der Waals surface area contributed by atoms with Crippen molar-refractivity contribution in [2.24, 2.45) is 5.73 Å². The first-order valence-corrected chi connectivity index (χ1v) is 5.10. The minimum atomic E-state index is -0.306. The summed E-state index contributed by atoms with van der Waals surface area (Å²) in [6.45, 7) is 0.336. The molecular weight excluding hydrogens is 263 g/mol. The Balaban J connectivity index is 2.54. The highest BCUT2D eigenvalue weighted by Crippen LogP contribution is 2.30. The highest BCUT2D eigenvalue weighted by atomic mass is 79.9. The fourth-order valence-corrected chi connectivity index (χ4v) is 1.83. The Kier molecular flexibility index (Phi) is 2.83. The van der Waals surface area contributed by atoms with Crippen LogP contribution in [0.4, 0.5) is 4.39 Å². The summed E-state index contributed by atoms with van der Waals surface area (Å²) < 4.78 is 18.6. The van der Waals surface area contributed by atoms with Gasteiger partial charge in [-0.15, -0.1) is 0 Å². The molecule has 0 bridgehead atoms. The van der Waals surface area contributed by atoms with Gasteiger partial charge in [-0.05, 0) is 34.1 Å². The van der Waals surface area contributed by atoms with Crippen molar-refractivity contribution in [1.29, 1.82) is 0 Å². The largest absolute Gasteiger partial charge is 0.356 e. The Bertz CT molecular complexity index is 484. The zero-order valence-electron chi connectivity index (χ0n) is 7.71. The molecule has 78 valence electrons. The first-order valence-electron chi connectivity index (χ1n) is 4.31. The Morgan fingerprint density at radius 1 is 1.47 bits per heavy atom. The third-order valence-electron chi connectivity index (χ3n) is 2.04. The second kappa shape index (κ2) is 4.12. The molecule has 0 saturated carbocycles. The van der Waals surface area contributed by atoms with Crippen LogP contribution in [0.1, 0.15) is 5.56 Å². The van der Waals surface area contributed by atoms with E-state index in [4.69, 9.17) is 10.3 Å². The van der Waals surface area contributed by atoms with E-state index >= 15 is 0 Å². The molecule has 0 saturated heterocycles. The minimum absolute atomic E-state index is 0.306. The van der Waals surface area contributed by atoms with Crippen LogP contribution in [0, 0.1) is 5.82 Å². The lowest BCUT2D eigenvalue weighted by Gasteiger charge is -2.02. The summed E-state index contributed by atoms with van der Waals surface area (Å²) in [4.78, 5) is 0. The van der Waals surface area contributed by atoms with Crippen LogP contribution in [0.15, 0.2) is 33.4 Å². The number of nitrogens with zero attached hydrogens (tertiary/aromatic N) is 1. The molecule has 0 aliphatic rings. The van der Waals surface area contributed by atoms with Crippen LogP contribution >= 0.6 is 15.9 Å². The zero-order chi connectivity index (χ0) is 10.8. The van der Waals surface area contributed by atoms with Gasteiger partial charge >= 0.3 is 0 Å². The number of halogens is 2. The van der Waals surface area contributed by atoms with Gasteiger partial charge in [-0.3, -0.25) is 0 Å². The van der Waals surface area contributed by atoms with Crippen molar-refractivity contribution < 1.29 is 8.91 Å². The fraction of sp³-hybridized carbons (Fsp3) is 0.100. The topological polar surface area (TPSA) is 52.0 Å². The van der Waals surface area contributed by atoms with Gasteiger partial charge in [-0.25, -0.2) is 4.39 Å². The van der Waals surface area contributed by atoms with Crippen LogP contribution in [0.2, 0.25) is 0 Å². The molecule has 5 heteroatoms. The van der Waals surface area contributed by atoms with Crippen LogP contribution in [-0.4, -0.2) is 5.16 Å². The van der Waals surface area contributed by atoms with Crippen molar-refractivity contribution in [3.05, 3.63) is 40.2 Å². The van der Waals surface area contributed by atoms with E-state index in [2.05, 4.69) is 21.1 Å². The van der Waals surface area contributed by atoms with Crippen LogP contribution in [-0.2, 0) is 6.54 Å². The molecule has 3 nitrogen and oxygen atoms in total. The maximum absolute atomic E-state index is 12.9. The molecule has 15 heavy (non-hydrogen) atoms. The smallest absolute Gasteiger partial charge is 0.172 e. The first-order chi connectivity index (χ1) is 7.22. The van der Waals surface area contributed by atoms with Gasteiger partial charge in [0.15, 0.2) is 5.76 Å². The highest BCUT2D eigenvalue weighted by molar-refractivity contribution is 9.10. The minimum Gasteiger partial charge on any atom is -0.356 e.